The van der Waals surface area contributed by atoms with Gasteiger partial charge in [0.1, 0.15) is 0 Å². The normalized spacial score (nSPS) is 31.1. The summed E-state index contributed by atoms with van der Waals surface area (Å²) in [6.07, 6.45) is 17.8. The van der Waals surface area contributed by atoms with Crippen molar-refractivity contribution in [2.24, 2.45) is 29.6 Å². The van der Waals surface area contributed by atoms with Gasteiger partial charge < -0.3 is 15.3 Å². The first-order chi connectivity index (χ1) is 14.5. The lowest BCUT2D eigenvalue weighted by molar-refractivity contribution is -0.000786. The summed E-state index contributed by atoms with van der Waals surface area (Å²) in [5.74, 6) is 3.49. The summed E-state index contributed by atoms with van der Waals surface area (Å²) in [6, 6.07) is 0. The fourth-order valence-electron chi connectivity index (χ4n) is 6.70. The molecule has 3 heteroatoms. The van der Waals surface area contributed by atoms with Crippen molar-refractivity contribution >= 4 is 0 Å². The summed E-state index contributed by atoms with van der Waals surface area (Å²) in [5, 5.41) is 31.9. The molecule has 2 fully saturated rings. The SMILES string of the molecule is CC(C)[C@@H](CCC(O)[C@@H](O)CCC1CCC2CCCC[C@@H]21)C[C@H](O)C1=CCCCC1. The monoisotopic (exact) mass is 420 g/mol. The standard InChI is InChI=1S/C27H48O3/c1-19(2)23(18-27(30)22-9-4-3-5-10-22)15-17-26(29)25(28)16-14-21-13-12-20-8-6-7-11-24(20)21/h9,19-21,23-30H,3-8,10-18H2,1-2H3/t20?,21?,23-,24-,25-,26?,27-/m0/s1. The second kappa shape index (κ2) is 12.0. The van der Waals surface area contributed by atoms with E-state index < -0.39 is 12.2 Å². The predicted octanol–water partition coefficient (Wildman–Crippen LogP) is 6.01. The Bertz CT molecular complexity index is 528. The van der Waals surface area contributed by atoms with E-state index in [2.05, 4.69) is 19.9 Å². The first-order valence-corrected chi connectivity index (χ1v) is 13.2. The maximum Gasteiger partial charge on any atom is 0.0799 e. The minimum Gasteiger partial charge on any atom is -0.390 e. The van der Waals surface area contributed by atoms with Crippen molar-refractivity contribution in [3.63, 3.8) is 0 Å². The average molecular weight is 421 g/mol. The molecular formula is C27H48O3. The third kappa shape index (κ3) is 6.81. The summed E-state index contributed by atoms with van der Waals surface area (Å²) in [5.41, 5.74) is 1.23. The van der Waals surface area contributed by atoms with Gasteiger partial charge in [0.15, 0.2) is 0 Å². The van der Waals surface area contributed by atoms with E-state index >= 15 is 0 Å². The van der Waals surface area contributed by atoms with Gasteiger partial charge in [-0.3, -0.25) is 0 Å². The highest BCUT2D eigenvalue weighted by molar-refractivity contribution is 5.10. The molecule has 3 unspecified atom stereocenters. The minimum absolute atomic E-state index is 0.328. The molecular weight excluding hydrogens is 372 g/mol. The molecule has 3 aliphatic carbocycles. The molecule has 2 saturated carbocycles. The second-order valence-corrected chi connectivity index (χ2v) is 11.1. The van der Waals surface area contributed by atoms with Crippen LogP contribution in [0.3, 0.4) is 0 Å². The van der Waals surface area contributed by atoms with Gasteiger partial charge in [-0.25, -0.2) is 0 Å². The number of aliphatic hydroxyl groups excluding tert-OH is 3. The summed E-state index contributed by atoms with van der Waals surface area (Å²) in [6.45, 7) is 4.44. The fourth-order valence-corrected chi connectivity index (χ4v) is 6.70. The van der Waals surface area contributed by atoms with Crippen molar-refractivity contribution in [1.29, 1.82) is 0 Å². The summed E-state index contributed by atoms with van der Waals surface area (Å²) in [7, 11) is 0. The van der Waals surface area contributed by atoms with Crippen LogP contribution < -0.4 is 0 Å². The summed E-state index contributed by atoms with van der Waals surface area (Å²) >= 11 is 0. The number of fused-ring (bicyclic) bond motifs is 1. The molecule has 0 amide bonds. The Balaban J connectivity index is 1.39. The lowest BCUT2D eigenvalue weighted by atomic mass is 9.76. The van der Waals surface area contributed by atoms with Crippen LogP contribution in [-0.2, 0) is 0 Å². The number of aliphatic hydroxyl groups is 3. The zero-order valence-electron chi connectivity index (χ0n) is 19.6. The Morgan fingerprint density at radius 2 is 1.63 bits per heavy atom. The van der Waals surface area contributed by atoms with Crippen molar-refractivity contribution in [3.8, 4) is 0 Å². The maximum atomic E-state index is 10.7. The largest absolute Gasteiger partial charge is 0.390 e. The van der Waals surface area contributed by atoms with Gasteiger partial charge in [0.2, 0.25) is 0 Å². The molecule has 0 aliphatic heterocycles. The van der Waals surface area contributed by atoms with E-state index in [-0.39, 0.29) is 6.10 Å². The van der Waals surface area contributed by atoms with Crippen LogP contribution in [0.1, 0.15) is 110 Å². The van der Waals surface area contributed by atoms with Gasteiger partial charge in [0.25, 0.3) is 0 Å². The van der Waals surface area contributed by atoms with E-state index in [1.165, 1.54) is 56.9 Å². The van der Waals surface area contributed by atoms with Crippen molar-refractivity contribution < 1.29 is 15.3 Å². The van der Waals surface area contributed by atoms with E-state index in [1.807, 2.05) is 0 Å². The molecule has 3 aliphatic rings. The summed E-state index contributed by atoms with van der Waals surface area (Å²) in [4.78, 5) is 0. The Labute approximate surface area is 185 Å². The van der Waals surface area contributed by atoms with Crippen LogP contribution >= 0.6 is 0 Å². The van der Waals surface area contributed by atoms with Crippen molar-refractivity contribution in [2.75, 3.05) is 0 Å². The van der Waals surface area contributed by atoms with E-state index in [0.717, 1.165) is 56.3 Å². The van der Waals surface area contributed by atoms with Gasteiger partial charge >= 0.3 is 0 Å². The van der Waals surface area contributed by atoms with E-state index in [9.17, 15) is 15.3 Å². The second-order valence-electron chi connectivity index (χ2n) is 11.1. The molecule has 3 N–H and O–H groups in total. The van der Waals surface area contributed by atoms with Gasteiger partial charge in [-0.15, -0.1) is 0 Å². The van der Waals surface area contributed by atoms with Gasteiger partial charge in [0.05, 0.1) is 18.3 Å². The van der Waals surface area contributed by atoms with Crippen LogP contribution in [0.4, 0.5) is 0 Å². The topological polar surface area (TPSA) is 60.7 Å². The molecule has 3 nitrogen and oxygen atoms in total. The number of allylic oxidation sites excluding steroid dienone is 1. The van der Waals surface area contributed by atoms with Crippen LogP contribution in [0, 0.1) is 29.6 Å². The lowest BCUT2D eigenvalue weighted by Crippen LogP contribution is -2.29. The minimum atomic E-state index is -0.624. The van der Waals surface area contributed by atoms with Gasteiger partial charge in [-0.05, 0) is 112 Å². The van der Waals surface area contributed by atoms with E-state index in [0.29, 0.717) is 18.3 Å². The molecule has 0 spiro atoms. The Morgan fingerprint density at radius 3 is 2.37 bits per heavy atom. The smallest absolute Gasteiger partial charge is 0.0799 e. The summed E-state index contributed by atoms with van der Waals surface area (Å²) < 4.78 is 0. The van der Waals surface area contributed by atoms with Crippen LogP contribution in [0.5, 0.6) is 0 Å². The molecule has 0 aromatic rings. The average Bonchev–Trinajstić information content (AvgIpc) is 3.18. The molecule has 0 bridgehead atoms. The lowest BCUT2D eigenvalue weighted by Gasteiger charge is -2.30. The number of hydrogen-bond donors (Lipinski definition) is 3. The molecule has 7 atom stereocenters. The molecule has 30 heavy (non-hydrogen) atoms. The van der Waals surface area contributed by atoms with E-state index in [4.69, 9.17) is 0 Å². The molecule has 3 rings (SSSR count). The fraction of sp³-hybridized carbons (Fsp3) is 0.926. The van der Waals surface area contributed by atoms with Crippen LogP contribution in [0.2, 0.25) is 0 Å². The Hall–Kier alpha value is -0.380. The van der Waals surface area contributed by atoms with Gasteiger partial charge in [-0.2, -0.15) is 0 Å². The first kappa shape index (κ1) is 24.3. The van der Waals surface area contributed by atoms with Crippen LogP contribution in [-0.4, -0.2) is 33.6 Å². The van der Waals surface area contributed by atoms with Crippen LogP contribution in [0.25, 0.3) is 0 Å². The molecule has 0 radical (unpaired) electrons. The van der Waals surface area contributed by atoms with Gasteiger partial charge in [-0.1, -0.05) is 39.2 Å². The first-order valence-electron chi connectivity index (χ1n) is 13.2. The van der Waals surface area contributed by atoms with Gasteiger partial charge in [0, 0.05) is 0 Å². The van der Waals surface area contributed by atoms with Crippen LogP contribution in [0.15, 0.2) is 11.6 Å². The molecule has 174 valence electrons. The van der Waals surface area contributed by atoms with Crippen molar-refractivity contribution in [1.82, 2.24) is 0 Å². The third-order valence-electron chi connectivity index (χ3n) is 8.82. The maximum absolute atomic E-state index is 10.7. The highest BCUT2D eigenvalue weighted by atomic mass is 16.3. The van der Waals surface area contributed by atoms with Crippen molar-refractivity contribution in [2.45, 2.75) is 128 Å². The zero-order chi connectivity index (χ0) is 21.5. The molecule has 0 saturated heterocycles. The predicted molar refractivity (Wildman–Crippen MR) is 124 cm³/mol. The number of hydrogen-bond acceptors (Lipinski definition) is 3. The third-order valence-corrected chi connectivity index (χ3v) is 8.82. The highest BCUT2D eigenvalue weighted by Gasteiger charge is 2.37. The molecule has 0 heterocycles. The number of rotatable bonds is 11. The molecule has 0 aromatic heterocycles. The van der Waals surface area contributed by atoms with E-state index in [1.54, 1.807) is 0 Å². The zero-order valence-corrected chi connectivity index (χ0v) is 19.6. The van der Waals surface area contributed by atoms with Crippen molar-refractivity contribution in [3.05, 3.63) is 11.6 Å². The Morgan fingerprint density at radius 1 is 0.867 bits per heavy atom. The quantitative estimate of drug-likeness (QED) is 0.359. The Kier molecular flexibility index (Phi) is 9.72. The highest BCUT2D eigenvalue weighted by Crippen LogP contribution is 2.47. The molecule has 0 aromatic carbocycles.